The van der Waals surface area contributed by atoms with Crippen molar-refractivity contribution >= 4 is 28.6 Å². The van der Waals surface area contributed by atoms with Crippen LogP contribution < -0.4 is 10.9 Å². The van der Waals surface area contributed by atoms with Crippen molar-refractivity contribution in [3.8, 4) is 6.07 Å². The first-order valence-electron chi connectivity index (χ1n) is 8.45. The average molecular weight is 378 g/mol. The van der Waals surface area contributed by atoms with Crippen LogP contribution in [0.2, 0.25) is 0 Å². The van der Waals surface area contributed by atoms with Gasteiger partial charge in [0, 0.05) is 18.1 Å². The van der Waals surface area contributed by atoms with Crippen LogP contribution >= 0.6 is 11.8 Å². The molecule has 0 bridgehead atoms. The predicted molar refractivity (Wildman–Crippen MR) is 106 cm³/mol. The molecule has 0 saturated carbocycles. The molecule has 3 rings (SSSR count). The lowest BCUT2D eigenvalue weighted by Crippen LogP contribution is -2.33. The third-order valence-electron chi connectivity index (χ3n) is 4.01. The molecule has 1 aromatic heterocycles. The van der Waals surface area contributed by atoms with Gasteiger partial charge >= 0.3 is 0 Å². The van der Waals surface area contributed by atoms with E-state index in [1.165, 1.54) is 10.9 Å². The second-order valence-electron chi connectivity index (χ2n) is 5.87. The number of hydrogen-bond acceptors (Lipinski definition) is 5. The van der Waals surface area contributed by atoms with Gasteiger partial charge in [0.25, 0.3) is 5.56 Å². The highest BCUT2D eigenvalue weighted by Gasteiger charge is 2.07. The van der Waals surface area contributed by atoms with Gasteiger partial charge in [0.1, 0.15) is 6.54 Å². The second-order valence-corrected chi connectivity index (χ2v) is 6.97. The molecule has 0 radical (unpaired) electrons. The van der Waals surface area contributed by atoms with Crippen molar-refractivity contribution in [3.63, 3.8) is 0 Å². The van der Waals surface area contributed by atoms with Gasteiger partial charge in [-0.15, -0.1) is 0 Å². The van der Waals surface area contributed by atoms with Crippen LogP contribution in [0.25, 0.3) is 10.9 Å². The Labute approximate surface area is 160 Å². The van der Waals surface area contributed by atoms with Crippen molar-refractivity contribution in [1.82, 2.24) is 14.9 Å². The number of amides is 1. The van der Waals surface area contributed by atoms with E-state index in [4.69, 9.17) is 5.26 Å². The molecule has 7 heteroatoms. The maximum absolute atomic E-state index is 12.4. The molecule has 0 aliphatic carbocycles. The van der Waals surface area contributed by atoms with Gasteiger partial charge in [0.2, 0.25) is 5.91 Å². The Morgan fingerprint density at radius 3 is 2.81 bits per heavy atom. The lowest BCUT2D eigenvalue weighted by molar-refractivity contribution is -0.121. The molecular formula is C20H18N4O2S. The zero-order valence-corrected chi connectivity index (χ0v) is 15.4. The van der Waals surface area contributed by atoms with E-state index in [1.807, 2.05) is 24.3 Å². The van der Waals surface area contributed by atoms with Crippen molar-refractivity contribution in [1.29, 1.82) is 5.26 Å². The minimum Gasteiger partial charge on any atom is -0.354 e. The Morgan fingerprint density at radius 2 is 1.96 bits per heavy atom. The third-order valence-corrected chi connectivity index (χ3v) is 5.02. The van der Waals surface area contributed by atoms with E-state index in [9.17, 15) is 9.59 Å². The number of nitrogens with one attached hydrogen (secondary N) is 1. The van der Waals surface area contributed by atoms with Gasteiger partial charge in [0.05, 0.1) is 28.9 Å². The van der Waals surface area contributed by atoms with Gasteiger partial charge in [-0.3, -0.25) is 14.2 Å². The number of hydrogen-bond donors (Lipinski definition) is 1. The summed E-state index contributed by atoms with van der Waals surface area (Å²) in [7, 11) is 0. The molecule has 0 atom stereocenters. The van der Waals surface area contributed by atoms with Crippen molar-refractivity contribution in [2.45, 2.75) is 12.3 Å². The first kappa shape index (κ1) is 18.7. The summed E-state index contributed by atoms with van der Waals surface area (Å²) < 4.78 is 1.31. The molecule has 1 heterocycles. The van der Waals surface area contributed by atoms with E-state index in [1.54, 1.807) is 36.0 Å². The van der Waals surface area contributed by atoms with E-state index in [2.05, 4.69) is 16.4 Å². The van der Waals surface area contributed by atoms with E-state index >= 15 is 0 Å². The van der Waals surface area contributed by atoms with Gasteiger partial charge in [-0.05, 0) is 23.8 Å². The maximum atomic E-state index is 12.4. The van der Waals surface area contributed by atoms with Gasteiger partial charge in [0.15, 0.2) is 0 Å². The van der Waals surface area contributed by atoms with E-state index in [0.29, 0.717) is 28.8 Å². The first-order chi connectivity index (χ1) is 13.2. The van der Waals surface area contributed by atoms with Gasteiger partial charge in [-0.2, -0.15) is 17.0 Å². The van der Waals surface area contributed by atoms with Crippen LogP contribution in [-0.4, -0.2) is 27.8 Å². The molecule has 0 unspecified atom stereocenters. The zero-order valence-electron chi connectivity index (χ0n) is 14.6. The van der Waals surface area contributed by atoms with Gasteiger partial charge in [-0.1, -0.05) is 30.3 Å². The zero-order chi connectivity index (χ0) is 19.1. The topological polar surface area (TPSA) is 87.8 Å². The lowest BCUT2D eigenvalue weighted by atomic mass is 10.1. The quantitative estimate of drug-likeness (QED) is 0.638. The molecule has 136 valence electrons. The normalized spacial score (nSPS) is 10.5. The van der Waals surface area contributed by atoms with Crippen molar-refractivity contribution < 1.29 is 4.79 Å². The van der Waals surface area contributed by atoms with Crippen molar-refractivity contribution in [3.05, 3.63) is 76.3 Å². The Hall–Kier alpha value is -3.11. The molecule has 0 aliphatic heterocycles. The van der Waals surface area contributed by atoms with Crippen LogP contribution in [0.1, 0.15) is 11.1 Å². The molecule has 0 saturated heterocycles. The van der Waals surface area contributed by atoms with Gasteiger partial charge in [-0.25, -0.2) is 4.98 Å². The lowest BCUT2D eigenvalue weighted by Gasteiger charge is -2.08. The van der Waals surface area contributed by atoms with E-state index in [0.717, 1.165) is 11.3 Å². The molecule has 0 fully saturated rings. The molecule has 2 aromatic carbocycles. The van der Waals surface area contributed by atoms with Crippen LogP contribution in [0.15, 0.2) is 59.7 Å². The van der Waals surface area contributed by atoms with Crippen LogP contribution in [-0.2, 0) is 17.1 Å². The smallest absolute Gasteiger partial charge is 0.261 e. The number of nitrogens with zero attached hydrogens (tertiary/aromatic N) is 3. The van der Waals surface area contributed by atoms with Crippen LogP contribution in [0.4, 0.5) is 0 Å². The second kappa shape index (κ2) is 9.01. The molecule has 6 nitrogen and oxygen atoms in total. The minimum atomic E-state index is -0.229. The number of fused-ring (bicyclic) bond motifs is 1. The summed E-state index contributed by atoms with van der Waals surface area (Å²) in [5.74, 6) is 1.21. The summed E-state index contributed by atoms with van der Waals surface area (Å²) in [5, 5.41) is 12.4. The Morgan fingerprint density at radius 1 is 1.19 bits per heavy atom. The van der Waals surface area contributed by atoms with Crippen molar-refractivity contribution in [2.24, 2.45) is 0 Å². The highest BCUT2D eigenvalue weighted by atomic mass is 32.2. The van der Waals surface area contributed by atoms with Gasteiger partial charge < -0.3 is 5.32 Å². The number of nitriles is 1. The monoisotopic (exact) mass is 378 g/mol. The number of thioether (sulfide) groups is 1. The molecular weight excluding hydrogens is 360 g/mol. The SMILES string of the molecule is N#Cc1ccccc1CSCCNC(=O)Cn1cnc2ccccc2c1=O. The third kappa shape index (κ3) is 4.74. The summed E-state index contributed by atoms with van der Waals surface area (Å²) in [6, 6.07) is 16.7. The number of aromatic nitrogens is 2. The highest BCUT2D eigenvalue weighted by molar-refractivity contribution is 7.98. The standard InChI is InChI=1S/C20H18N4O2S/c21-11-15-5-1-2-6-16(15)13-27-10-9-22-19(25)12-24-14-23-18-8-4-3-7-17(18)20(24)26/h1-8,14H,9-10,12-13H2,(H,22,25). The first-order valence-corrected chi connectivity index (χ1v) is 9.61. The van der Waals surface area contributed by atoms with Crippen LogP contribution in [0.3, 0.4) is 0 Å². The highest BCUT2D eigenvalue weighted by Crippen LogP contribution is 2.15. The maximum Gasteiger partial charge on any atom is 0.261 e. The molecule has 0 spiro atoms. The van der Waals surface area contributed by atoms with Crippen molar-refractivity contribution in [2.75, 3.05) is 12.3 Å². The fraction of sp³-hybridized carbons (Fsp3) is 0.200. The van der Waals surface area contributed by atoms with Crippen LogP contribution in [0.5, 0.6) is 0 Å². The predicted octanol–water partition coefficient (Wildman–Crippen LogP) is 2.32. The Kier molecular flexibility index (Phi) is 6.23. The largest absolute Gasteiger partial charge is 0.354 e. The average Bonchev–Trinajstić information content (AvgIpc) is 2.70. The summed E-state index contributed by atoms with van der Waals surface area (Å²) >= 11 is 1.64. The summed E-state index contributed by atoms with van der Waals surface area (Å²) in [6.07, 6.45) is 1.40. The minimum absolute atomic E-state index is 0.0569. The van der Waals surface area contributed by atoms with E-state index < -0.39 is 0 Å². The number of rotatable bonds is 7. The number of para-hydroxylation sites is 1. The Bertz CT molecular complexity index is 1060. The summed E-state index contributed by atoms with van der Waals surface area (Å²) in [4.78, 5) is 28.7. The fourth-order valence-electron chi connectivity index (χ4n) is 2.63. The molecule has 0 aliphatic rings. The fourth-order valence-corrected chi connectivity index (χ4v) is 3.49. The molecule has 3 aromatic rings. The summed E-state index contributed by atoms with van der Waals surface area (Å²) in [6.45, 7) is 0.437. The molecule has 1 N–H and O–H groups in total. The summed E-state index contributed by atoms with van der Waals surface area (Å²) in [5.41, 5.74) is 2.06. The molecule has 27 heavy (non-hydrogen) atoms. The molecule has 1 amide bonds. The number of benzene rings is 2. The van der Waals surface area contributed by atoms with E-state index in [-0.39, 0.29) is 18.0 Å². The van der Waals surface area contributed by atoms with Crippen LogP contribution in [0, 0.1) is 11.3 Å². The number of carbonyl (C=O) groups is 1. The Balaban J connectivity index is 1.47. The number of carbonyl (C=O) groups excluding carboxylic acids is 1.